The fraction of sp³-hybridized carbons (Fsp3) is 0.300. The molecule has 0 aliphatic carbocycles. The number of nitrogens with one attached hydrogen (secondary N) is 1. The number of aryl methyl sites for hydroxylation is 1. The first kappa shape index (κ1) is 12.4. The Morgan fingerprint density at radius 1 is 1.69 bits per heavy atom. The average Bonchev–Trinajstić information content (AvgIpc) is 2.26. The van der Waals surface area contributed by atoms with E-state index < -0.39 is 4.92 Å². The van der Waals surface area contributed by atoms with E-state index in [2.05, 4.69) is 10.3 Å². The summed E-state index contributed by atoms with van der Waals surface area (Å²) in [5.74, 6) is 0. The van der Waals surface area contributed by atoms with Crippen LogP contribution in [-0.2, 0) is 6.42 Å². The van der Waals surface area contributed by atoms with Gasteiger partial charge in [-0.05, 0) is 24.5 Å². The van der Waals surface area contributed by atoms with Crippen LogP contribution in [0.2, 0.25) is 5.15 Å². The molecule has 1 rings (SSSR count). The summed E-state index contributed by atoms with van der Waals surface area (Å²) >= 11 is 5.65. The lowest BCUT2D eigenvalue weighted by Crippen LogP contribution is -2.09. The lowest BCUT2D eigenvalue weighted by molar-refractivity contribution is -0.403. The molecule has 1 heterocycles. The molecule has 0 fully saturated rings. The number of pyridine rings is 1. The molecule has 0 bridgehead atoms. The van der Waals surface area contributed by atoms with Crippen LogP contribution in [-0.4, -0.2) is 17.0 Å². The fourth-order valence-corrected chi connectivity index (χ4v) is 1.33. The molecule has 0 radical (unpaired) electrons. The minimum atomic E-state index is -0.466. The Bertz CT molecular complexity index is 390. The number of nitrogens with zero attached hydrogens (tertiary/aromatic N) is 2. The van der Waals surface area contributed by atoms with Crippen molar-refractivity contribution in [1.29, 1.82) is 0 Å². The summed E-state index contributed by atoms with van der Waals surface area (Å²) in [5.41, 5.74) is 1.58. The van der Waals surface area contributed by atoms with Crippen molar-refractivity contribution in [3.63, 3.8) is 0 Å². The third-order valence-corrected chi connectivity index (χ3v) is 2.28. The topological polar surface area (TPSA) is 68.1 Å². The van der Waals surface area contributed by atoms with Gasteiger partial charge in [0.25, 0.3) is 6.20 Å². The van der Waals surface area contributed by atoms with Crippen LogP contribution in [0, 0.1) is 10.1 Å². The van der Waals surface area contributed by atoms with E-state index in [1.54, 1.807) is 19.3 Å². The highest BCUT2D eigenvalue weighted by Crippen LogP contribution is 2.09. The van der Waals surface area contributed by atoms with Gasteiger partial charge in [-0.2, -0.15) is 0 Å². The van der Waals surface area contributed by atoms with Gasteiger partial charge in [-0.25, -0.2) is 4.98 Å². The molecule has 0 aromatic carbocycles. The molecule has 0 atom stereocenters. The van der Waals surface area contributed by atoms with E-state index in [0.29, 0.717) is 23.7 Å². The van der Waals surface area contributed by atoms with E-state index in [0.717, 1.165) is 11.8 Å². The second-order valence-electron chi connectivity index (χ2n) is 3.18. The molecule has 0 aliphatic rings. The van der Waals surface area contributed by atoms with Crippen molar-refractivity contribution in [2.24, 2.45) is 0 Å². The van der Waals surface area contributed by atoms with Crippen molar-refractivity contribution in [1.82, 2.24) is 10.3 Å². The van der Waals surface area contributed by atoms with Gasteiger partial charge in [-0.3, -0.25) is 10.1 Å². The van der Waals surface area contributed by atoms with Crippen molar-refractivity contribution in [2.75, 3.05) is 7.05 Å². The zero-order valence-electron chi connectivity index (χ0n) is 8.81. The molecule has 0 spiro atoms. The van der Waals surface area contributed by atoms with E-state index >= 15 is 0 Å². The van der Waals surface area contributed by atoms with Crippen molar-refractivity contribution >= 4 is 11.6 Å². The molecule has 1 aromatic heterocycles. The highest BCUT2D eigenvalue weighted by atomic mass is 35.5. The summed E-state index contributed by atoms with van der Waals surface area (Å²) in [5, 5.41) is 13.5. The molecule has 0 saturated carbocycles. The summed E-state index contributed by atoms with van der Waals surface area (Å²) in [6.45, 7) is 0. The fourth-order valence-electron chi connectivity index (χ4n) is 1.21. The van der Waals surface area contributed by atoms with Crippen LogP contribution in [0.15, 0.2) is 30.2 Å². The summed E-state index contributed by atoms with van der Waals surface area (Å²) in [6.07, 6.45) is 3.90. The Morgan fingerprint density at radius 2 is 2.44 bits per heavy atom. The maximum Gasteiger partial charge on any atom is 0.253 e. The van der Waals surface area contributed by atoms with E-state index in [1.807, 2.05) is 6.07 Å². The third kappa shape index (κ3) is 4.27. The van der Waals surface area contributed by atoms with Crippen LogP contribution in [0.5, 0.6) is 0 Å². The molecule has 5 nitrogen and oxygen atoms in total. The SMILES string of the molecule is CNC(=C[N+](=O)[O-])CCc1ccc(Cl)nc1. The number of nitro groups is 1. The van der Waals surface area contributed by atoms with Crippen LogP contribution < -0.4 is 5.32 Å². The van der Waals surface area contributed by atoms with Gasteiger partial charge in [-0.1, -0.05) is 17.7 Å². The van der Waals surface area contributed by atoms with E-state index in [9.17, 15) is 10.1 Å². The molecular formula is C10H12ClN3O2. The van der Waals surface area contributed by atoms with Crippen LogP contribution in [0.25, 0.3) is 0 Å². The average molecular weight is 242 g/mol. The van der Waals surface area contributed by atoms with Gasteiger partial charge in [0.15, 0.2) is 0 Å². The zero-order chi connectivity index (χ0) is 12.0. The molecule has 86 valence electrons. The molecule has 0 aliphatic heterocycles. The Hall–Kier alpha value is -1.62. The standard InChI is InChI=1S/C10H12ClN3O2/c1-12-9(7-14(15)16)4-2-8-3-5-10(11)13-6-8/h3,5-7,12H,2,4H2,1H3. The van der Waals surface area contributed by atoms with Gasteiger partial charge in [0.2, 0.25) is 0 Å². The maximum atomic E-state index is 10.3. The van der Waals surface area contributed by atoms with E-state index in [1.165, 1.54) is 0 Å². The highest BCUT2D eigenvalue weighted by molar-refractivity contribution is 6.29. The Kier molecular flexibility index (Phi) is 4.72. The molecular weight excluding hydrogens is 230 g/mol. The molecule has 0 saturated heterocycles. The Labute approximate surface area is 98.3 Å². The van der Waals surface area contributed by atoms with Crippen molar-refractivity contribution in [2.45, 2.75) is 12.8 Å². The summed E-state index contributed by atoms with van der Waals surface area (Å²) in [7, 11) is 1.66. The number of hydrogen-bond donors (Lipinski definition) is 1. The largest absolute Gasteiger partial charge is 0.386 e. The van der Waals surface area contributed by atoms with Crippen LogP contribution in [0.4, 0.5) is 0 Å². The quantitative estimate of drug-likeness (QED) is 0.486. The number of allylic oxidation sites excluding steroid dienone is 1. The Balaban J connectivity index is 2.56. The zero-order valence-corrected chi connectivity index (χ0v) is 9.57. The number of rotatable bonds is 5. The predicted octanol–water partition coefficient (Wildman–Crippen LogP) is 2.01. The van der Waals surface area contributed by atoms with Crippen molar-refractivity contribution < 1.29 is 4.92 Å². The minimum absolute atomic E-state index is 0.443. The molecule has 1 N–H and O–H groups in total. The molecule has 0 amide bonds. The van der Waals surface area contributed by atoms with Gasteiger partial charge < -0.3 is 5.32 Å². The molecule has 6 heteroatoms. The third-order valence-electron chi connectivity index (χ3n) is 2.05. The van der Waals surface area contributed by atoms with Crippen LogP contribution in [0.3, 0.4) is 0 Å². The minimum Gasteiger partial charge on any atom is -0.386 e. The van der Waals surface area contributed by atoms with Gasteiger partial charge in [0.05, 0.1) is 10.6 Å². The van der Waals surface area contributed by atoms with Crippen LogP contribution >= 0.6 is 11.6 Å². The maximum absolute atomic E-state index is 10.3. The van der Waals surface area contributed by atoms with Gasteiger partial charge in [0.1, 0.15) is 5.15 Å². The highest BCUT2D eigenvalue weighted by Gasteiger charge is 2.02. The lowest BCUT2D eigenvalue weighted by atomic mass is 10.1. The first-order valence-corrected chi connectivity index (χ1v) is 5.12. The molecule has 16 heavy (non-hydrogen) atoms. The number of hydrogen-bond acceptors (Lipinski definition) is 4. The lowest BCUT2D eigenvalue weighted by Gasteiger charge is -2.03. The monoisotopic (exact) mass is 241 g/mol. The molecule has 1 aromatic rings. The van der Waals surface area contributed by atoms with Crippen LogP contribution in [0.1, 0.15) is 12.0 Å². The summed E-state index contributed by atoms with van der Waals surface area (Å²) in [4.78, 5) is 13.8. The Morgan fingerprint density at radius 3 is 2.94 bits per heavy atom. The second kappa shape index (κ2) is 6.07. The van der Waals surface area contributed by atoms with Crippen molar-refractivity contribution in [3.05, 3.63) is 51.1 Å². The van der Waals surface area contributed by atoms with Gasteiger partial charge in [0, 0.05) is 13.2 Å². The number of halogens is 1. The van der Waals surface area contributed by atoms with Gasteiger partial charge >= 0.3 is 0 Å². The van der Waals surface area contributed by atoms with E-state index in [4.69, 9.17) is 11.6 Å². The smallest absolute Gasteiger partial charge is 0.253 e. The predicted molar refractivity (Wildman–Crippen MR) is 61.7 cm³/mol. The summed E-state index contributed by atoms with van der Waals surface area (Å²) in [6, 6.07) is 3.56. The second-order valence-corrected chi connectivity index (χ2v) is 3.57. The number of aromatic nitrogens is 1. The normalized spacial score (nSPS) is 11.2. The van der Waals surface area contributed by atoms with E-state index in [-0.39, 0.29) is 0 Å². The molecule has 0 unspecified atom stereocenters. The first-order chi connectivity index (χ1) is 7.61. The first-order valence-electron chi connectivity index (χ1n) is 4.74. The summed E-state index contributed by atoms with van der Waals surface area (Å²) < 4.78 is 0. The van der Waals surface area contributed by atoms with Gasteiger partial charge in [-0.15, -0.1) is 0 Å². The van der Waals surface area contributed by atoms with Crippen molar-refractivity contribution in [3.8, 4) is 0 Å².